The van der Waals surface area contributed by atoms with Gasteiger partial charge in [0.25, 0.3) is 0 Å². The third-order valence-electron chi connectivity index (χ3n) is 4.58. The van der Waals surface area contributed by atoms with Gasteiger partial charge in [0.05, 0.1) is 0 Å². The minimum atomic E-state index is 0.473. The summed E-state index contributed by atoms with van der Waals surface area (Å²) < 4.78 is 0. The second-order valence-electron chi connectivity index (χ2n) is 5.80. The van der Waals surface area contributed by atoms with Crippen LogP contribution >= 0.6 is 0 Å². The highest BCUT2D eigenvalue weighted by Gasteiger charge is 2.31. The van der Waals surface area contributed by atoms with Crippen LogP contribution in [0.5, 0.6) is 0 Å². The van der Waals surface area contributed by atoms with Crippen molar-refractivity contribution in [3.63, 3.8) is 0 Å². The van der Waals surface area contributed by atoms with Crippen molar-refractivity contribution >= 4 is 5.78 Å². The Balaban J connectivity index is 1.86. The normalized spacial score (nSPS) is 28.6. The number of carbonyl (C=O) groups excluding carboxylic acids is 1. The van der Waals surface area contributed by atoms with Crippen molar-refractivity contribution in [3.8, 4) is 0 Å². The first-order valence-electron chi connectivity index (χ1n) is 7.30. The molecule has 1 aromatic heterocycles. The monoisotopic (exact) mass is 243 g/mol. The van der Waals surface area contributed by atoms with Crippen molar-refractivity contribution in [2.75, 3.05) is 0 Å². The van der Waals surface area contributed by atoms with Gasteiger partial charge in [0.1, 0.15) is 5.78 Å². The predicted octanol–water partition coefficient (Wildman–Crippen LogP) is 3.65. The van der Waals surface area contributed by atoms with E-state index in [1.807, 2.05) is 12.3 Å². The van der Waals surface area contributed by atoms with Crippen LogP contribution in [0.25, 0.3) is 0 Å². The molecule has 2 atom stereocenters. The zero-order chi connectivity index (χ0) is 12.4. The summed E-state index contributed by atoms with van der Waals surface area (Å²) in [4.78, 5) is 16.4. The summed E-state index contributed by atoms with van der Waals surface area (Å²) in [5.41, 5.74) is 2.72. The van der Waals surface area contributed by atoms with Crippen LogP contribution in [-0.4, -0.2) is 10.8 Å². The number of fused-ring (bicyclic) bond motifs is 1. The average Bonchev–Trinajstić information content (AvgIpc) is 2.63. The summed E-state index contributed by atoms with van der Waals surface area (Å²) in [7, 11) is 0. The highest BCUT2D eigenvalue weighted by molar-refractivity contribution is 5.78. The number of hydrogen-bond acceptors (Lipinski definition) is 2. The number of pyridine rings is 1. The molecule has 1 fully saturated rings. The Morgan fingerprint density at radius 3 is 3.00 bits per heavy atom. The van der Waals surface area contributed by atoms with Crippen LogP contribution in [0.3, 0.4) is 0 Å². The molecular weight excluding hydrogens is 222 g/mol. The third kappa shape index (κ3) is 2.33. The van der Waals surface area contributed by atoms with Crippen LogP contribution in [0.4, 0.5) is 0 Å². The maximum Gasteiger partial charge on any atom is 0.133 e. The number of aryl methyl sites for hydroxylation is 1. The molecule has 2 unspecified atom stereocenters. The SMILES string of the molecule is O=C1CCCCC(C2CCCc3cccnc32)C1. The molecule has 0 bridgehead atoms. The molecule has 0 saturated heterocycles. The molecular formula is C16H21NO. The highest BCUT2D eigenvalue weighted by Crippen LogP contribution is 2.40. The topological polar surface area (TPSA) is 30.0 Å². The molecule has 0 aliphatic heterocycles. The Bertz CT molecular complexity index is 440. The number of nitrogens with zero attached hydrogens (tertiary/aromatic N) is 1. The molecule has 0 N–H and O–H groups in total. The number of Topliss-reactive ketones (excluding diaryl/α,β-unsaturated/α-hetero) is 1. The van der Waals surface area contributed by atoms with E-state index in [-0.39, 0.29) is 0 Å². The Labute approximate surface area is 109 Å². The van der Waals surface area contributed by atoms with Gasteiger partial charge < -0.3 is 0 Å². The first-order valence-corrected chi connectivity index (χ1v) is 7.30. The van der Waals surface area contributed by atoms with E-state index in [2.05, 4.69) is 11.1 Å². The number of aromatic nitrogens is 1. The van der Waals surface area contributed by atoms with Crippen molar-refractivity contribution in [1.82, 2.24) is 4.98 Å². The number of ketones is 1. The smallest absolute Gasteiger partial charge is 0.133 e. The van der Waals surface area contributed by atoms with Gasteiger partial charge >= 0.3 is 0 Å². The van der Waals surface area contributed by atoms with Gasteiger partial charge in [-0.25, -0.2) is 0 Å². The molecule has 18 heavy (non-hydrogen) atoms. The zero-order valence-electron chi connectivity index (χ0n) is 10.9. The molecule has 2 heteroatoms. The van der Waals surface area contributed by atoms with Crippen LogP contribution in [0.15, 0.2) is 18.3 Å². The highest BCUT2D eigenvalue weighted by atomic mass is 16.1. The molecule has 0 amide bonds. The van der Waals surface area contributed by atoms with Crippen molar-refractivity contribution in [2.24, 2.45) is 5.92 Å². The largest absolute Gasteiger partial charge is 0.300 e. The van der Waals surface area contributed by atoms with Gasteiger partial charge in [-0.05, 0) is 49.7 Å². The third-order valence-corrected chi connectivity index (χ3v) is 4.58. The van der Waals surface area contributed by atoms with E-state index in [9.17, 15) is 4.79 Å². The summed E-state index contributed by atoms with van der Waals surface area (Å²) >= 11 is 0. The lowest BCUT2D eigenvalue weighted by Crippen LogP contribution is -2.21. The van der Waals surface area contributed by atoms with E-state index in [0.29, 0.717) is 17.6 Å². The fourth-order valence-corrected chi connectivity index (χ4v) is 3.67. The standard InChI is InChI=1S/C16H21NO/c18-14-8-2-1-5-13(11-14)15-9-3-6-12-7-4-10-17-16(12)15/h4,7,10,13,15H,1-3,5-6,8-9,11H2. The van der Waals surface area contributed by atoms with Crippen LogP contribution < -0.4 is 0 Å². The molecule has 2 aliphatic rings. The van der Waals surface area contributed by atoms with Crippen LogP contribution in [-0.2, 0) is 11.2 Å². The summed E-state index contributed by atoms with van der Waals surface area (Å²) in [5, 5.41) is 0. The minimum absolute atomic E-state index is 0.473. The van der Waals surface area contributed by atoms with Gasteiger partial charge in [0.15, 0.2) is 0 Å². The number of carbonyl (C=O) groups is 1. The molecule has 0 aromatic carbocycles. The summed E-state index contributed by atoms with van der Waals surface area (Å²) in [5.74, 6) is 1.56. The van der Waals surface area contributed by atoms with E-state index in [1.165, 1.54) is 43.4 Å². The van der Waals surface area contributed by atoms with Crippen molar-refractivity contribution in [3.05, 3.63) is 29.6 Å². The molecule has 1 saturated carbocycles. The van der Waals surface area contributed by atoms with Gasteiger partial charge in [0.2, 0.25) is 0 Å². The number of rotatable bonds is 1. The minimum Gasteiger partial charge on any atom is -0.300 e. The second kappa shape index (κ2) is 5.21. The van der Waals surface area contributed by atoms with Gasteiger partial charge in [0, 0.05) is 30.7 Å². The molecule has 1 aromatic rings. The van der Waals surface area contributed by atoms with Gasteiger partial charge in [-0.15, -0.1) is 0 Å². The van der Waals surface area contributed by atoms with E-state index < -0.39 is 0 Å². The van der Waals surface area contributed by atoms with E-state index in [1.54, 1.807) is 0 Å². The molecule has 3 rings (SSSR count). The molecule has 96 valence electrons. The molecule has 0 spiro atoms. The van der Waals surface area contributed by atoms with Gasteiger partial charge in [-0.2, -0.15) is 0 Å². The molecule has 2 aliphatic carbocycles. The van der Waals surface area contributed by atoms with Gasteiger partial charge in [-0.3, -0.25) is 9.78 Å². The molecule has 1 heterocycles. The van der Waals surface area contributed by atoms with Gasteiger partial charge in [-0.1, -0.05) is 12.5 Å². The average molecular weight is 243 g/mol. The Hall–Kier alpha value is -1.18. The van der Waals surface area contributed by atoms with E-state index >= 15 is 0 Å². The van der Waals surface area contributed by atoms with Crippen molar-refractivity contribution < 1.29 is 4.79 Å². The summed E-state index contributed by atoms with van der Waals surface area (Å²) in [6.07, 6.45) is 10.7. The Morgan fingerprint density at radius 2 is 2.06 bits per heavy atom. The Kier molecular flexibility index (Phi) is 3.44. The zero-order valence-corrected chi connectivity index (χ0v) is 10.9. The van der Waals surface area contributed by atoms with E-state index in [0.717, 1.165) is 19.3 Å². The first-order chi connectivity index (χ1) is 8.84. The predicted molar refractivity (Wildman–Crippen MR) is 71.5 cm³/mol. The lowest BCUT2D eigenvalue weighted by molar-refractivity contribution is -0.119. The van der Waals surface area contributed by atoms with Crippen LogP contribution in [0, 0.1) is 5.92 Å². The molecule has 0 radical (unpaired) electrons. The summed E-state index contributed by atoms with van der Waals surface area (Å²) in [6.45, 7) is 0. The lowest BCUT2D eigenvalue weighted by atomic mass is 9.75. The van der Waals surface area contributed by atoms with Crippen LogP contribution in [0.1, 0.15) is 62.1 Å². The molecule has 2 nitrogen and oxygen atoms in total. The Morgan fingerprint density at radius 1 is 1.11 bits per heavy atom. The quantitative estimate of drug-likeness (QED) is 0.705. The van der Waals surface area contributed by atoms with Crippen molar-refractivity contribution in [1.29, 1.82) is 0 Å². The maximum atomic E-state index is 11.8. The number of hydrogen-bond donors (Lipinski definition) is 0. The first kappa shape index (κ1) is 11.9. The maximum absolute atomic E-state index is 11.8. The second-order valence-corrected chi connectivity index (χ2v) is 5.80. The van der Waals surface area contributed by atoms with Crippen LogP contribution in [0.2, 0.25) is 0 Å². The fourth-order valence-electron chi connectivity index (χ4n) is 3.67. The fraction of sp³-hybridized carbons (Fsp3) is 0.625. The van der Waals surface area contributed by atoms with Crippen molar-refractivity contribution in [2.45, 2.75) is 57.3 Å². The van der Waals surface area contributed by atoms with E-state index in [4.69, 9.17) is 0 Å². The lowest BCUT2D eigenvalue weighted by Gasteiger charge is -2.30. The summed E-state index contributed by atoms with van der Waals surface area (Å²) in [6, 6.07) is 4.26.